The summed E-state index contributed by atoms with van der Waals surface area (Å²) in [6.07, 6.45) is 1.25. The van der Waals surface area contributed by atoms with E-state index in [0.29, 0.717) is 0 Å². The molecule has 0 spiro atoms. The smallest absolute Gasteiger partial charge is 0.136 e. The first kappa shape index (κ1) is 9.72. The summed E-state index contributed by atoms with van der Waals surface area (Å²) in [5.41, 5.74) is 3.12. The zero-order valence-corrected chi connectivity index (χ0v) is 9.46. The van der Waals surface area contributed by atoms with Crippen LogP contribution in [0.1, 0.15) is 26.3 Å². The lowest BCUT2D eigenvalue weighted by Gasteiger charge is -2.37. The quantitative estimate of drug-likeness (QED) is 0.629. The topological polar surface area (TPSA) is 0 Å². The lowest BCUT2D eigenvalue weighted by atomic mass is 10.1. The third-order valence-corrected chi connectivity index (χ3v) is 3.96. The lowest BCUT2D eigenvalue weighted by molar-refractivity contribution is 0.253. The Balaban J connectivity index is 2.53. The second-order valence-corrected chi connectivity index (χ2v) is 4.35. The Morgan fingerprint density at radius 3 is 2.50 bits per heavy atom. The Kier molecular flexibility index (Phi) is 2.36. The zero-order valence-electron chi connectivity index (χ0n) is 9.46. The molecule has 0 N–H and O–H groups in total. The summed E-state index contributed by atoms with van der Waals surface area (Å²) in [6.45, 7) is 9.43. The average Bonchev–Trinajstić information content (AvgIpc) is 2.50. The monoisotopic (exact) mass is 190 g/mol. The number of nitrogens with zero attached hydrogens (tertiary/aromatic N) is 1. The summed E-state index contributed by atoms with van der Waals surface area (Å²) in [6, 6.07) is 9.69. The third-order valence-electron chi connectivity index (χ3n) is 3.96. The van der Waals surface area contributed by atoms with Crippen LogP contribution in [0.4, 0.5) is 5.69 Å². The Hall–Kier alpha value is -0.820. The number of fused-ring (bicyclic) bond motifs is 1. The van der Waals surface area contributed by atoms with Crippen LogP contribution in [-0.2, 0) is 6.42 Å². The van der Waals surface area contributed by atoms with Crippen molar-refractivity contribution in [2.75, 3.05) is 13.1 Å². The summed E-state index contributed by atoms with van der Waals surface area (Å²) >= 11 is 0. The first-order chi connectivity index (χ1) is 6.74. The maximum absolute atomic E-state index is 2.38. The summed E-state index contributed by atoms with van der Waals surface area (Å²) in [4.78, 5) is 0. The molecule has 1 aromatic rings. The van der Waals surface area contributed by atoms with E-state index in [1.54, 1.807) is 11.3 Å². The summed E-state index contributed by atoms with van der Waals surface area (Å²) < 4.78 is 1.18. The van der Waals surface area contributed by atoms with E-state index in [4.69, 9.17) is 0 Å². The Morgan fingerprint density at radius 1 is 1.21 bits per heavy atom. The van der Waals surface area contributed by atoms with Crippen LogP contribution in [0.15, 0.2) is 24.3 Å². The van der Waals surface area contributed by atoms with E-state index in [1.165, 1.54) is 24.0 Å². The third kappa shape index (κ3) is 1.12. The van der Waals surface area contributed by atoms with Crippen LogP contribution in [0.5, 0.6) is 0 Å². The summed E-state index contributed by atoms with van der Waals surface area (Å²) in [5.74, 6) is 0. The number of hydrogen-bond acceptors (Lipinski definition) is 0. The molecule has 0 bridgehead atoms. The number of para-hydroxylation sites is 1. The second kappa shape index (κ2) is 3.39. The van der Waals surface area contributed by atoms with Crippen LogP contribution < -0.4 is 4.48 Å². The van der Waals surface area contributed by atoms with Gasteiger partial charge in [-0.3, -0.25) is 4.48 Å². The molecule has 1 aromatic carbocycles. The van der Waals surface area contributed by atoms with Crippen molar-refractivity contribution in [2.24, 2.45) is 0 Å². The molecule has 1 heterocycles. The molecule has 1 nitrogen and oxygen atoms in total. The van der Waals surface area contributed by atoms with Gasteiger partial charge in [-0.25, -0.2) is 0 Å². The average molecular weight is 190 g/mol. The van der Waals surface area contributed by atoms with Gasteiger partial charge in [0.2, 0.25) is 0 Å². The molecule has 76 valence electrons. The standard InChI is InChI=1S/C13H20N/c1-4-14(5-2)11(3)10-12-8-6-7-9-13(12)14/h6-9,11H,4-5,10H2,1-3H3/q+1/t11-/m1/s1. The molecular weight excluding hydrogens is 170 g/mol. The highest BCUT2D eigenvalue weighted by Gasteiger charge is 2.41. The largest absolute Gasteiger partial charge is 0.289 e. The highest BCUT2D eigenvalue weighted by molar-refractivity contribution is 5.55. The van der Waals surface area contributed by atoms with E-state index in [1.807, 2.05) is 0 Å². The van der Waals surface area contributed by atoms with Gasteiger partial charge in [-0.1, -0.05) is 18.2 Å². The van der Waals surface area contributed by atoms with Crippen molar-refractivity contribution in [3.8, 4) is 0 Å². The van der Waals surface area contributed by atoms with Crippen molar-refractivity contribution in [2.45, 2.75) is 33.2 Å². The first-order valence-corrected chi connectivity index (χ1v) is 5.69. The molecule has 0 saturated heterocycles. The molecule has 0 saturated carbocycles. The minimum absolute atomic E-state index is 0.752. The van der Waals surface area contributed by atoms with Crippen LogP contribution >= 0.6 is 0 Å². The predicted molar refractivity (Wildman–Crippen MR) is 62.5 cm³/mol. The molecule has 2 rings (SSSR count). The maximum Gasteiger partial charge on any atom is 0.136 e. The van der Waals surface area contributed by atoms with Crippen molar-refractivity contribution in [3.63, 3.8) is 0 Å². The van der Waals surface area contributed by atoms with Gasteiger partial charge in [-0.15, -0.1) is 0 Å². The molecular formula is C13H20N+. The van der Waals surface area contributed by atoms with Crippen molar-refractivity contribution in [3.05, 3.63) is 29.8 Å². The van der Waals surface area contributed by atoms with Crippen molar-refractivity contribution in [1.29, 1.82) is 0 Å². The van der Waals surface area contributed by atoms with Crippen molar-refractivity contribution < 1.29 is 0 Å². The van der Waals surface area contributed by atoms with Gasteiger partial charge >= 0.3 is 0 Å². The van der Waals surface area contributed by atoms with E-state index >= 15 is 0 Å². The SMILES string of the molecule is CC[N+]1(CC)c2ccccc2C[C@H]1C. The number of quaternary nitrogens is 1. The molecule has 1 aliphatic heterocycles. The van der Waals surface area contributed by atoms with Gasteiger partial charge in [0.15, 0.2) is 0 Å². The highest BCUT2D eigenvalue weighted by Crippen LogP contribution is 2.38. The van der Waals surface area contributed by atoms with Gasteiger partial charge in [-0.05, 0) is 26.8 Å². The normalized spacial score (nSPS) is 23.5. The van der Waals surface area contributed by atoms with Gasteiger partial charge in [0, 0.05) is 12.0 Å². The summed E-state index contributed by atoms with van der Waals surface area (Å²) in [7, 11) is 0. The number of benzene rings is 1. The van der Waals surface area contributed by atoms with Crippen LogP contribution in [0.3, 0.4) is 0 Å². The molecule has 0 aliphatic carbocycles. The molecule has 0 unspecified atom stereocenters. The minimum atomic E-state index is 0.752. The molecule has 1 atom stereocenters. The van der Waals surface area contributed by atoms with Gasteiger partial charge in [0.25, 0.3) is 0 Å². The fourth-order valence-corrected chi connectivity index (χ4v) is 3.04. The Morgan fingerprint density at radius 2 is 1.86 bits per heavy atom. The number of rotatable bonds is 2. The number of likely N-dealkylation sites (N-methyl/N-ethyl adjacent to an activating group) is 1. The van der Waals surface area contributed by atoms with Gasteiger partial charge in [-0.2, -0.15) is 0 Å². The van der Waals surface area contributed by atoms with Crippen LogP contribution in [0.25, 0.3) is 0 Å². The Labute approximate surface area is 86.9 Å². The molecule has 0 radical (unpaired) electrons. The van der Waals surface area contributed by atoms with Crippen LogP contribution in [0, 0.1) is 0 Å². The second-order valence-electron chi connectivity index (χ2n) is 4.35. The summed E-state index contributed by atoms with van der Waals surface area (Å²) in [5, 5.41) is 0. The number of hydrogen-bond donors (Lipinski definition) is 0. The molecule has 0 amide bonds. The molecule has 1 aliphatic rings. The van der Waals surface area contributed by atoms with Crippen molar-refractivity contribution in [1.82, 2.24) is 4.48 Å². The zero-order chi connectivity index (χ0) is 10.2. The maximum atomic E-state index is 2.38. The fraction of sp³-hybridized carbons (Fsp3) is 0.538. The van der Waals surface area contributed by atoms with Crippen LogP contribution in [-0.4, -0.2) is 19.1 Å². The predicted octanol–water partition coefficient (Wildman–Crippen LogP) is 2.98. The minimum Gasteiger partial charge on any atom is -0.289 e. The first-order valence-electron chi connectivity index (χ1n) is 5.69. The highest BCUT2D eigenvalue weighted by atomic mass is 15.4. The molecule has 14 heavy (non-hydrogen) atoms. The van der Waals surface area contributed by atoms with E-state index in [2.05, 4.69) is 45.0 Å². The van der Waals surface area contributed by atoms with Crippen molar-refractivity contribution >= 4 is 5.69 Å². The van der Waals surface area contributed by atoms with E-state index in [-0.39, 0.29) is 0 Å². The molecule has 0 fully saturated rings. The van der Waals surface area contributed by atoms with E-state index in [0.717, 1.165) is 6.04 Å². The molecule has 0 aromatic heterocycles. The molecule has 1 heteroatoms. The van der Waals surface area contributed by atoms with E-state index in [9.17, 15) is 0 Å². The van der Waals surface area contributed by atoms with Gasteiger partial charge < -0.3 is 0 Å². The lowest BCUT2D eigenvalue weighted by Crippen LogP contribution is -2.52. The Bertz CT molecular complexity index is 326. The van der Waals surface area contributed by atoms with E-state index < -0.39 is 0 Å². The van der Waals surface area contributed by atoms with Crippen LogP contribution in [0.2, 0.25) is 0 Å². The van der Waals surface area contributed by atoms with Gasteiger partial charge in [0.1, 0.15) is 5.69 Å². The van der Waals surface area contributed by atoms with Gasteiger partial charge in [0.05, 0.1) is 19.1 Å². The fourth-order valence-electron chi connectivity index (χ4n) is 3.04.